The van der Waals surface area contributed by atoms with Crippen molar-refractivity contribution in [1.29, 1.82) is 0 Å². The van der Waals surface area contributed by atoms with E-state index < -0.39 is 6.04 Å². The Morgan fingerprint density at radius 3 is 2.52 bits per heavy atom. The molecule has 1 aliphatic rings. The van der Waals surface area contributed by atoms with Crippen LogP contribution in [0.2, 0.25) is 0 Å². The SMILES string of the molecule is Cl.N[C@@H](Cc1c[nH]c2ccccc12)C(=O)N1CCCCCCC1. The van der Waals surface area contributed by atoms with Crippen molar-refractivity contribution in [3.05, 3.63) is 36.0 Å². The van der Waals surface area contributed by atoms with Gasteiger partial charge < -0.3 is 15.6 Å². The molecule has 0 aliphatic carbocycles. The number of benzene rings is 1. The van der Waals surface area contributed by atoms with E-state index in [0.717, 1.165) is 37.0 Å². The molecule has 0 spiro atoms. The predicted molar refractivity (Wildman–Crippen MR) is 96.9 cm³/mol. The topological polar surface area (TPSA) is 62.1 Å². The van der Waals surface area contributed by atoms with Crippen LogP contribution in [0.3, 0.4) is 0 Å². The van der Waals surface area contributed by atoms with Crippen molar-refractivity contribution < 1.29 is 4.79 Å². The molecular formula is C18H26ClN3O. The normalized spacial score (nSPS) is 17.2. The molecule has 0 unspecified atom stereocenters. The van der Waals surface area contributed by atoms with Crippen LogP contribution in [-0.2, 0) is 11.2 Å². The third kappa shape index (κ3) is 4.27. The standard InChI is InChI=1S/C18H25N3O.ClH/c19-16(18(22)21-10-6-2-1-3-7-11-21)12-14-13-20-17-9-5-4-8-15(14)17;/h4-5,8-9,13,16,20H,1-3,6-7,10-12,19H2;1H/t16-;/m0./s1. The van der Waals surface area contributed by atoms with Gasteiger partial charge >= 0.3 is 0 Å². The number of amides is 1. The molecule has 23 heavy (non-hydrogen) atoms. The molecule has 2 heterocycles. The van der Waals surface area contributed by atoms with E-state index in [1.54, 1.807) is 0 Å². The minimum atomic E-state index is -0.446. The molecule has 1 amide bonds. The Bertz CT molecular complexity index is 632. The summed E-state index contributed by atoms with van der Waals surface area (Å²) in [5.41, 5.74) is 8.44. The number of hydrogen-bond donors (Lipinski definition) is 2. The van der Waals surface area contributed by atoms with Crippen LogP contribution >= 0.6 is 12.4 Å². The van der Waals surface area contributed by atoms with E-state index in [2.05, 4.69) is 11.1 Å². The fraction of sp³-hybridized carbons (Fsp3) is 0.500. The van der Waals surface area contributed by atoms with Crippen LogP contribution in [0.15, 0.2) is 30.5 Å². The van der Waals surface area contributed by atoms with Crippen LogP contribution in [0.25, 0.3) is 10.9 Å². The number of halogens is 1. The summed E-state index contributed by atoms with van der Waals surface area (Å²) in [7, 11) is 0. The lowest BCUT2D eigenvalue weighted by Gasteiger charge is -2.27. The molecule has 3 N–H and O–H groups in total. The number of carbonyl (C=O) groups excluding carboxylic acids is 1. The molecule has 1 atom stereocenters. The van der Waals surface area contributed by atoms with Crippen LogP contribution in [-0.4, -0.2) is 34.9 Å². The maximum atomic E-state index is 12.6. The lowest BCUT2D eigenvalue weighted by molar-refractivity contribution is -0.132. The molecule has 4 nitrogen and oxygen atoms in total. The number of nitrogens with zero attached hydrogens (tertiary/aromatic N) is 1. The van der Waals surface area contributed by atoms with Crippen LogP contribution in [0.5, 0.6) is 0 Å². The summed E-state index contributed by atoms with van der Waals surface area (Å²) in [6, 6.07) is 7.71. The van der Waals surface area contributed by atoms with E-state index in [4.69, 9.17) is 5.73 Å². The largest absolute Gasteiger partial charge is 0.361 e. The third-order valence-electron chi connectivity index (χ3n) is 4.60. The Morgan fingerprint density at radius 1 is 1.13 bits per heavy atom. The van der Waals surface area contributed by atoms with Crippen molar-refractivity contribution in [2.24, 2.45) is 5.73 Å². The fourth-order valence-electron chi connectivity index (χ4n) is 3.33. The van der Waals surface area contributed by atoms with E-state index in [9.17, 15) is 4.79 Å². The van der Waals surface area contributed by atoms with Crippen molar-refractivity contribution in [3.63, 3.8) is 0 Å². The average Bonchev–Trinajstić information content (AvgIpc) is 2.90. The van der Waals surface area contributed by atoms with Crippen LogP contribution in [0.4, 0.5) is 0 Å². The molecule has 2 aromatic rings. The Balaban J connectivity index is 0.00000192. The number of aromatic nitrogens is 1. The first kappa shape index (κ1) is 17.8. The van der Waals surface area contributed by atoms with Gasteiger partial charge in [0.1, 0.15) is 0 Å². The Labute approximate surface area is 143 Å². The van der Waals surface area contributed by atoms with Gasteiger partial charge in [-0.05, 0) is 30.9 Å². The smallest absolute Gasteiger partial charge is 0.239 e. The summed E-state index contributed by atoms with van der Waals surface area (Å²) in [5, 5.41) is 1.17. The van der Waals surface area contributed by atoms with Gasteiger partial charge in [0.05, 0.1) is 6.04 Å². The van der Waals surface area contributed by atoms with E-state index in [-0.39, 0.29) is 18.3 Å². The number of nitrogens with two attached hydrogens (primary N) is 1. The van der Waals surface area contributed by atoms with Gasteiger partial charge in [-0.3, -0.25) is 4.79 Å². The van der Waals surface area contributed by atoms with E-state index in [0.29, 0.717) is 6.42 Å². The lowest BCUT2D eigenvalue weighted by Crippen LogP contribution is -2.46. The zero-order valence-corrected chi connectivity index (χ0v) is 14.3. The molecular weight excluding hydrogens is 310 g/mol. The number of likely N-dealkylation sites (tertiary alicyclic amines) is 1. The third-order valence-corrected chi connectivity index (χ3v) is 4.60. The number of para-hydroxylation sites is 1. The van der Waals surface area contributed by atoms with Crippen molar-refractivity contribution in [3.8, 4) is 0 Å². The maximum Gasteiger partial charge on any atom is 0.239 e. The molecule has 1 aromatic carbocycles. The predicted octanol–water partition coefficient (Wildman–Crippen LogP) is 3.25. The number of aromatic amines is 1. The van der Waals surface area contributed by atoms with Crippen molar-refractivity contribution in [2.45, 2.75) is 44.6 Å². The first-order valence-corrected chi connectivity index (χ1v) is 8.35. The number of carbonyl (C=O) groups is 1. The Hall–Kier alpha value is -1.52. The number of H-pyrrole nitrogens is 1. The first-order valence-electron chi connectivity index (χ1n) is 8.35. The second-order valence-electron chi connectivity index (χ2n) is 6.26. The molecule has 0 bridgehead atoms. The molecule has 0 radical (unpaired) electrons. The summed E-state index contributed by atoms with van der Waals surface area (Å²) >= 11 is 0. The Kier molecular flexibility index (Phi) is 6.48. The van der Waals surface area contributed by atoms with Crippen molar-refractivity contribution >= 4 is 29.2 Å². The van der Waals surface area contributed by atoms with Gasteiger partial charge in [0.15, 0.2) is 0 Å². The molecule has 126 valence electrons. The van der Waals surface area contributed by atoms with Gasteiger partial charge in [-0.1, -0.05) is 37.5 Å². The molecule has 0 saturated carbocycles. The number of fused-ring (bicyclic) bond motifs is 1. The highest BCUT2D eigenvalue weighted by Gasteiger charge is 2.22. The van der Waals surface area contributed by atoms with Crippen molar-refractivity contribution in [2.75, 3.05) is 13.1 Å². The van der Waals surface area contributed by atoms with E-state index in [1.165, 1.54) is 24.6 Å². The first-order chi connectivity index (χ1) is 10.8. The molecule has 1 fully saturated rings. The zero-order chi connectivity index (χ0) is 15.4. The minimum Gasteiger partial charge on any atom is -0.361 e. The average molecular weight is 336 g/mol. The number of rotatable bonds is 3. The van der Waals surface area contributed by atoms with E-state index >= 15 is 0 Å². The van der Waals surface area contributed by atoms with Crippen LogP contribution in [0.1, 0.15) is 37.7 Å². The summed E-state index contributed by atoms with van der Waals surface area (Å²) in [6.07, 6.45) is 8.52. The maximum absolute atomic E-state index is 12.6. The molecule has 3 rings (SSSR count). The van der Waals surface area contributed by atoms with E-state index in [1.807, 2.05) is 29.3 Å². The molecule has 1 aliphatic heterocycles. The fourth-order valence-corrected chi connectivity index (χ4v) is 3.33. The second kappa shape index (κ2) is 8.37. The molecule has 1 aromatic heterocycles. The van der Waals surface area contributed by atoms with Gasteiger partial charge in [-0.2, -0.15) is 0 Å². The number of nitrogens with one attached hydrogen (secondary N) is 1. The summed E-state index contributed by atoms with van der Waals surface area (Å²) < 4.78 is 0. The highest BCUT2D eigenvalue weighted by atomic mass is 35.5. The van der Waals surface area contributed by atoms with Crippen LogP contribution < -0.4 is 5.73 Å². The van der Waals surface area contributed by atoms with Gasteiger partial charge in [0.2, 0.25) is 5.91 Å². The zero-order valence-electron chi connectivity index (χ0n) is 13.5. The minimum absolute atomic E-state index is 0. The molecule has 1 saturated heterocycles. The number of hydrogen-bond acceptors (Lipinski definition) is 2. The van der Waals surface area contributed by atoms with Gasteiger partial charge in [-0.25, -0.2) is 0 Å². The van der Waals surface area contributed by atoms with Crippen LogP contribution in [0, 0.1) is 0 Å². The summed E-state index contributed by atoms with van der Waals surface area (Å²) in [5.74, 6) is 0.104. The van der Waals surface area contributed by atoms with Crippen molar-refractivity contribution in [1.82, 2.24) is 9.88 Å². The monoisotopic (exact) mass is 335 g/mol. The molecule has 5 heteroatoms. The highest BCUT2D eigenvalue weighted by molar-refractivity contribution is 5.86. The highest BCUT2D eigenvalue weighted by Crippen LogP contribution is 2.19. The summed E-state index contributed by atoms with van der Waals surface area (Å²) in [4.78, 5) is 17.8. The lowest BCUT2D eigenvalue weighted by atomic mass is 10.0. The van der Waals surface area contributed by atoms with Gasteiger partial charge in [0.25, 0.3) is 0 Å². The quantitative estimate of drug-likeness (QED) is 0.904. The van der Waals surface area contributed by atoms with Gasteiger partial charge in [0, 0.05) is 30.2 Å². The Morgan fingerprint density at radius 2 is 1.78 bits per heavy atom. The van der Waals surface area contributed by atoms with Gasteiger partial charge in [-0.15, -0.1) is 12.4 Å². The second-order valence-corrected chi connectivity index (χ2v) is 6.26. The summed E-state index contributed by atoms with van der Waals surface area (Å²) in [6.45, 7) is 1.72.